The van der Waals surface area contributed by atoms with E-state index in [9.17, 15) is 18.3 Å². The third kappa shape index (κ3) is 8.19. The van der Waals surface area contributed by atoms with Crippen molar-refractivity contribution in [3.63, 3.8) is 0 Å². The quantitative estimate of drug-likeness (QED) is 0.323. The smallest absolute Gasteiger partial charge is 0.306 e. The SMILES string of the molecule is COc1ccc2c(c1)OCCC=CCCCCN(C[C@@H](O)[C@@H](CC(=O)OC1CO[C@H]3OCCC13)Cc1ccccc1)S2(=O)=O. The molecule has 11 heteroatoms. The Morgan fingerprint density at radius 2 is 1.89 bits per heavy atom. The molecule has 10 nitrogen and oxygen atoms in total. The topological polar surface area (TPSA) is 121 Å². The van der Waals surface area contributed by atoms with Crippen LogP contribution in [0.25, 0.3) is 0 Å². The van der Waals surface area contributed by atoms with E-state index in [-0.39, 0.29) is 49.0 Å². The zero-order valence-electron chi connectivity index (χ0n) is 25.2. The number of aliphatic hydroxyl groups is 1. The molecular formula is C33H43NO9S. The van der Waals surface area contributed by atoms with E-state index in [1.807, 2.05) is 36.4 Å². The van der Waals surface area contributed by atoms with Crippen LogP contribution in [0.3, 0.4) is 0 Å². The van der Waals surface area contributed by atoms with Crippen molar-refractivity contribution < 1.29 is 42.0 Å². The van der Waals surface area contributed by atoms with Gasteiger partial charge in [-0.2, -0.15) is 4.31 Å². The van der Waals surface area contributed by atoms with Gasteiger partial charge < -0.3 is 28.8 Å². The summed E-state index contributed by atoms with van der Waals surface area (Å²) in [6.07, 6.45) is 6.19. The Morgan fingerprint density at radius 1 is 1.07 bits per heavy atom. The number of sulfonamides is 1. The first-order chi connectivity index (χ1) is 21.3. The van der Waals surface area contributed by atoms with E-state index < -0.39 is 34.1 Å². The van der Waals surface area contributed by atoms with Crippen molar-refractivity contribution in [2.45, 2.75) is 68.3 Å². The summed E-state index contributed by atoms with van der Waals surface area (Å²) < 4.78 is 57.9. The van der Waals surface area contributed by atoms with Crippen molar-refractivity contribution in [1.29, 1.82) is 0 Å². The highest BCUT2D eigenvalue weighted by Gasteiger charge is 2.44. The monoisotopic (exact) mass is 629 g/mol. The molecule has 0 amide bonds. The van der Waals surface area contributed by atoms with Gasteiger partial charge in [-0.25, -0.2) is 8.42 Å². The number of carbonyl (C=O) groups excluding carboxylic acids is 1. The van der Waals surface area contributed by atoms with Crippen LogP contribution in [0.1, 0.15) is 44.1 Å². The number of fused-ring (bicyclic) bond motifs is 2. The summed E-state index contributed by atoms with van der Waals surface area (Å²) in [5.41, 5.74) is 0.934. The van der Waals surface area contributed by atoms with Crippen LogP contribution in [0.4, 0.5) is 0 Å². The van der Waals surface area contributed by atoms with Crippen molar-refractivity contribution in [3.8, 4) is 11.5 Å². The van der Waals surface area contributed by atoms with E-state index in [0.29, 0.717) is 38.2 Å². The lowest BCUT2D eigenvalue weighted by Crippen LogP contribution is -2.42. The predicted octanol–water partition coefficient (Wildman–Crippen LogP) is 4.11. The van der Waals surface area contributed by atoms with Gasteiger partial charge in [0.15, 0.2) is 6.29 Å². The Kier molecular flexibility index (Phi) is 11.3. The number of methoxy groups -OCH3 is 1. The number of aliphatic hydroxyl groups excluding tert-OH is 1. The second-order valence-corrected chi connectivity index (χ2v) is 13.5. The lowest BCUT2D eigenvalue weighted by molar-refractivity contribution is -0.153. The first-order valence-electron chi connectivity index (χ1n) is 15.5. The summed E-state index contributed by atoms with van der Waals surface area (Å²) in [6, 6.07) is 14.2. The summed E-state index contributed by atoms with van der Waals surface area (Å²) in [6.45, 7) is 1.19. The normalized spacial score (nSPS) is 25.3. The average Bonchev–Trinajstić information content (AvgIpc) is 3.64. The summed E-state index contributed by atoms with van der Waals surface area (Å²) in [7, 11) is -2.57. The zero-order chi connectivity index (χ0) is 30.9. The minimum absolute atomic E-state index is 0.00359. The van der Waals surface area contributed by atoms with Gasteiger partial charge in [0.2, 0.25) is 10.0 Å². The molecule has 5 atom stereocenters. The standard InChI is InChI=1S/C33H43NO9S/c1-39-26-13-14-31-29(21-26)40-17-10-5-3-2-4-9-16-34(44(31,37)38)22-28(35)25(19-24-11-7-6-8-12-24)20-32(36)43-30-23-42-33-27(30)15-18-41-33/h3,5-8,11-14,21,25,27-28,30,33,35H,2,4,9-10,15-20,22-23H2,1H3/t25-,27?,28-,30?,33-/m1/s1. The third-order valence-corrected chi connectivity index (χ3v) is 10.4. The lowest BCUT2D eigenvalue weighted by atomic mass is 9.90. The van der Waals surface area contributed by atoms with Crippen LogP contribution >= 0.6 is 0 Å². The van der Waals surface area contributed by atoms with E-state index in [2.05, 4.69) is 6.08 Å². The van der Waals surface area contributed by atoms with Gasteiger partial charge >= 0.3 is 5.97 Å². The number of hydrogen-bond acceptors (Lipinski definition) is 9. The number of allylic oxidation sites excluding steroid dienone is 1. The largest absolute Gasteiger partial charge is 0.497 e. The zero-order valence-corrected chi connectivity index (χ0v) is 26.0. The fourth-order valence-corrected chi connectivity index (χ4v) is 7.62. The maximum absolute atomic E-state index is 14.2. The Balaban J connectivity index is 1.37. The molecule has 0 bridgehead atoms. The summed E-state index contributed by atoms with van der Waals surface area (Å²) in [4.78, 5) is 13.2. The fraction of sp³-hybridized carbons (Fsp3) is 0.545. The fourth-order valence-electron chi connectivity index (χ4n) is 6.01. The Hall–Kier alpha value is -2.96. The molecular weight excluding hydrogens is 586 g/mol. The molecule has 2 unspecified atom stereocenters. The molecule has 1 N–H and O–H groups in total. The van der Waals surface area contributed by atoms with Gasteiger partial charge in [0.1, 0.15) is 22.5 Å². The van der Waals surface area contributed by atoms with Crippen LogP contribution in [0.15, 0.2) is 65.6 Å². The highest BCUT2D eigenvalue weighted by Crippen LogP contribution is 2.34. The minimum atomic E-state index is -4.08. The molecule has 240 valence electrons. The van der Waals surface area contributed by atoms with Crippen LogP contribution in [-0.2, 0) is 35.4 Å². The molecule has 0 aliphatic carbocycles. The van der Waals surface area contributed by atoms with Crippen LogP contribution in [-0.4, -0.2) is 82.3 Å². The molecule has 5 rings (SSSR count). The summed E-state index contributed by atoms with van der Waals surface area (Å²) >= 11 is 0. The van der Waals surface area contributed by atoms with Gasteiger partial charge in [-0.05, 0) is 56.2 Å². The number of β-amino-alcohol motifs (C(OH)–C–C–N with tert-alkyl or cyclic N) is 1. The van der Waals surface area contributed by atoms with Crippen molar-refractivity contribution >= 4 is 16.0 Å². The minimum Gasteiger partial charge on any atom is -0.497 e. The third-order valence-electron chi connectivity index (χ3n) is 8.48. The molecule has 3 heterocycles. The summed E-state index contributed by atoms with van der Waals surface area (Å²) in [5, 5.41) is 11.7. The highest BCUT2D eigenvalue weighted by molar-refractivity contribution is 7.89. The van der Waals surface area contributed by atoms with Crippen molar-refractivity contribution in [3.05, 3.63) is 66.2 Å². The Labute approximate surface area is 259 Å². The number of esters is 1. The highest BCUT2D eigenvalue weighted by atomic mass is 32.2. The molecule has 0 aromatic heterocycles. The number of ether oxygens (including phenoxy) is 5. The van der Waals surface area contributed by atoms with Gasteiger partial charge in [-0.3, -0.25) is 4.79 Å². The molecule has 3 aliphatic rings. The van der Waals surface area contributed by atoms with E-state index >= 15 is 0 Å². The van der Waals surface area contributed by atoms with Gasteiger partial charge in [0, 0.05) is 25.1 Å². The molecule has 2 saturated heterocycles. The predicted molar refractivity (Wildman–Crippen MR) is 163 cm³/mol. The second kappa shape index (κ2) is 15.4. The maximum Gasteiger partial charge on any atom is 0.306 e. The molecule has 0 radical (unpaired) electrons. The van der Waals surface area contributed by atoms with Gasteiger partial charge in [-0.1, -0.05) is 42.5 Å². The second-order valence-electron chi connectivity index (χ2n) is 11.6. The maximum atomic E-state index is 14.2. The number of rotatable bonds is 9. The first kappa shape index (κ1) is 32.4. The van der Waals surface area contributed by atoms with E-state index in [1.165, 1.54) is 17.5 Å². The molecule has 0 spiro atoms. The van der Waals surface area contributed by atoms with Gasteiger partial charge in [-0.15, -0.1) is 0 Å². The molecule has 44 heavy (non-hydrogen) atoms. The van der Waals surface area contributed by atoms with Crippen molar-refractivity contribution in [2.24, 2.45) is 11.8 Å². The van der Waals surface area contributed by atoms with E-state index in [1.54, 1.807) is 12.1 Å². The van der Waals surface area contributed by atoms with Crippen LogP contribution < -0.4 is 9.47 Å². The lowest BCUT2D eigenvalue weighted by Gasteiger charge is -2.30. The molecule has 2 fully saturated rings. The molecule has 3 aliphatic heterocycles. The molecule has 2 aromatic carbocycles. The molecule has 2 aromatic rings. The molecule has 0 saturated carbocycles. The number of benzene rings is 2. The van der Waals surface area contributed by atoms with Gasteiger partial charge in [0.25, 0.3) is 0 Å². The van der Waals surface area contributed by atoms with Gasteiger partial charge in [0.05, 0.1) is 45.4 Å². The van der Waals surface area contributed by atoms with Crippen LogP contribution in [0.2, 0.25) is 0 Å². The van der Waals surface area contributed by atoms with E-state index in [0.717, 1.165) is 24.8 Å². The number of hydrogen-bond donors (Lipinski definition) is 1. The van der Waals surface area contributed by atoms with Crippen molar-refractivity contribution in [1.82, 2.24) is 4.31 Å². The number of nitrogens with zero attached hydrogens (tertiary/aromatic N) is 1. The first-order valence-corrected chi connectivity index (χ1v) is 16.9. The van der Waals surface area contributed by atoms with Crippen LogP contribution in [0, 0.1) is 11.8 Å². The van der Waals surface area contributed by atoms with Crippen LogP contribution in [0.5, 0.6) is 11.5 Å². The summed E-state index contributed by atoms with van der Waals surface area (Å²) in [5.74, 6) is -0.346. The van der Waals surface area contributed by atoms with E-state index in [4.69, 9.17) is 23.7 Å². The average molecular weight is 630 g/mol. The number of carbonyl (C=O) groups is 1. The Bertz CT molecular complexity index is 1370. The Morgan fingerprint density at radius 3 is 2.70 bits per heavy atom. The van der Waals surface area contributed by atoms with Crippen molar-refractivity contribution in [2.75, 3.05) is 40.0 Å².